The molecule has 6 heteroatoms. The van der Waals surface area contributed by atoms with Crippen molar-refractivity contribution < 1.29 is 4.74 Å². The van der Waals surface area contributed by atoms with Gasteiger partial charge in [0.15, 0.2) is 4.34 Å². The standard InChI is InChI=1S/C14H19N3OS2/c1-3-8-15-13-16-17-14(20-13)19-10-9-18-12-7-5-4-6-11(12)2/h4-7H,3,8-10H2,1-2H3,(H,15,16). The van der Waals surface area contributed by atoms with Crippen molar-refractivity contribution in [3.8, 4) is 5.75 Å². The van der Waals surface area contributed by atoms with Gasteiger partial charge in [0.2, 0.25) is 5.13 Å². The number of hydrogen-bond donors (Lipinski definition) is 1. The van der Waals surface area contributed by atoms with Crippen molar-refractivity contribution >= 4 is 28.2 Å². The van der Waals surface area contributed by atoms with E-state index in [9.17, 15) is 0 Å². The number of rotatable bonds is 8. The van der Waals surface area contributed by atoms with E-state index in [0.717, 1.165) is 33.9 Å². The molecule has 2 aromatic rings. The number of ether oxygens (including phenoxy) is 1. The maximum Gasteiger partial charge on any atom is 0.206 e. The molecule has 0 atom stereocenters. The molecule has 0 fully saturated rings. The molecule has 1 N–H and O–H groups in total. The zero-order chi connectivity index (χ0) is 14.2. The first-order valence-electron chi connectivity index (χ1n) is 6.68. The Morgan fingerprint density at radius 1 is 1.30 bits per heavy atom. The number of aromatic nitrogens is 2. The quantitative estimate of drug-likeness (QED) is 0.593. The van der Waals surface area contributed by atoms with Gasteiger partial charge in [0.25, 0.3) is 0 Å². The highest BCUT2D eigenvalue weighted by atomic mass is 32.2. The third kappa shape index (κ3) is 4.68. The molecule has 0 spiro atoms. The van der Waals surface area contributed by atoms with Crippen LogP contribution in [0.15, 0.2) is 28.6 Å². The highest BCUT2D eigenvalue weighted by Gasteiger charge is 2.04. The number of nitrogens with zero attached hydrogens (tertiary/aromatic N) is 2. The van der Waals surface area contributed by atoms with Crippen LogP contribution in [0.4, 0.5) is 5.13 Å². The van der Waals surface area contributed by atoms with E-state index < -0.39 is 0 Å². The zero-order valence-corrected chi connectivity index (χ0v) is 13.4. The molecule has 0 bridgehead atoms. The van der Waals surface area contributed by atoms with Crippen LogP contribution in [-0.2, 0) is 0 Å². The molecule has 0 amide bonds. The summed E-state index contributed by atoms with van der Waals surface area (Å²) in [5.74, 6) is 1.83. The number of thioether (sulfide) groups is 1. The molecule has 1 aromatic carbocycles. The molecular formula is C14H19N3OS2. The minimum Gasteiger partial charge on any atom is -0.492 e. The molecular weight excluding hydrogens is 290 g/mol. The average Bonchev–Trinajstić information content (AvgIpc) is 2.91. The van der Waals surface area contributed by atoms with E-state index in [1.54, 1.807) is 23.1 Å². The summed E-state index contributed by atoms with van der Waals surface area (Å²) in [6.07, 6.45) is 1.09. The molecule has 0 aliphatic rings. The van der Waals surface area contributed by atoms with Gasteiger partial charge in [-0.1, -0.05) is 48.2 Å². The molecule has 0 saturated heterocycles. The van der Waals surface area contributed by atoms with Crippen LogP contribution in [0.3, 0.4) is 0 Å². The molecule has 1 aromatic heterocycles. The van der Waals surface area contributed by atoms with Crippen LogP contribution < -0.4 is 10.1 Å². The summed E-state index contributed by atoms with van der Waals surface area (Å²) in [5, 5.41) is 12.4. The largest absolute Gasteiger partial charge is 0.492 e. The van der Waals surface area contributed by atoms with Crippen LogP contribution in [-0.4, -0.2) is 29.1 Å². The third-order valence-corrected chi connectivity index (χ3v) is 4.57. The van der Waals surface area contributed by atoms with Crippen molar-refractivity contribution in [3.63, 3.8) is 0 Å². The Bertz CT molecular complexity index is 531. The smallest absolute Gasteiger partial charge is 0.206 e. The van der Waals surface area contributed by atoms with Crippen LogP contribution >= 0.6 is 23.1 Å². The van der Waals surface area contributed by atoms with Gasteiger partial charge in [-0.15, -0.1) is 10.2 Å². The second kappa shape index (κ2) is 8.11. The van der Waals surface area contributed by atoms with Crippen LogP contribution in [0.2, 0.25) is 0 Å². The first-order chi connectivity index (χ1) is 9.79. The maximum atomic E-state index is 5.75. The number of hydrogen-bond acceptors (Lipinski definition) is 6. The Balaban J connectivity index is 1.71. The van der Waals surface area contributed by atoms with E-state index in [4.69, 9.17) is 4.74 Å². The first-order valence-corrected chi connectivity index (χ1v) is 8.48. The molecule has 0 aliphatic heterocycles. The molecule has 20 heavy (non-hydrogen) atoms. The lowest BCUT2D eigenvalue weighted by molar-refractivity contribution is 0.341. The zero-order valence-electron chi connectivity index (χ0n) is 11.8. The number of para-hydroxylation sites is 1. The van der Waals surface area contributed by atoms with Gasteiger partial charge in [-0.2, -0.15) is 0 Å². The van der Waals surface area contributed by atoms with Gasteiger partial charge in [-0.25, -0.2) is 0 Å². The Morgan fingerprint density at radius 2 is 2.15 bits per heavy atom. The van der Waals surface area contributed by atoms with Gasteiger partial charge in [0.05, 0.1) is 6.61 Å². The summed E-state index contributed by atoms with van der Waals surface area (Å²) in [6, 6.07) is 8.06. The summed E-state index contributed by atoms with van der Waals surface area (Å²) < 4.78 is 6.73. The monoisotopic (exact) mass is 309 g/mol. The number of nitrogens with one attached hydrogen (secondary N) is 1. The molecule has 0 saturated carbocycles. The topological polar surface area (TPSA) is 47.0 Å². The normalized spacial score (nSPS) is 10.5. The van der Waals surface area contributed by atoms with E-state index in [1.165, 1.54) is 5.56 Å². The van der Waals surface area contributed by atoms with Gasteiger partial charge in [-0.05, 0) is 25.0 Å². The van der Waals surface area contributed by atoms with E-state index in [1.807, 2.05) is 18.2 Å². The average molecular weight is 309 g/mol. The molecule has 2 rings (SSSR count). The summed E-state index contributed by atoms with van der Waals surface area (Å²) in [4.78, 5) is 0. The lowest BCUT2D eigenvalue weighted by atomic mass is 10.2. The first kappa shape index (κ1) is 15.1. The van der Waals surface area contributed by atoms with Gasteiger partial charge < -0.3 is 10.1 Å². The van der Waals surface area contributed by atoms with Crippen molar-refractivity contribution in [1.82, 2.24) is 10.2 Å². The Kier molecular flexibility index (Phi) is 6.14. The summed E-state index contributed by atoms with van der Waals surface area (Å²) >= 11 is 3.28. The Morgan fingerprint density at radius 3 is 2.95 bits per heavy atom. The third-order valence-electron chi connectivity index (χ3n) is 2.59. The van der Waals surface area contributed by atoms with E-state index in [0.29, 0.717) is 6.61 Å². The van der Waals surface area contributed by atoms with Gasteiger partial charge in [0.1, 0.15) is 5.75 Å². The van der Waals surface area contributed by atoms with Crippen LogP contribution in [0.1, 0.15) is 18.9 Å². The fourth-order valence-electron chi connectivity index (χ4n) is 1.57. The highest BCUT2D eigenvalue weighted by Crippen LogP contribution is 2.25. The highest BCUT2D eigenvalue weighted by molar-refractivity contribution is 8.01. The van der Waals surface area contributed by atoms with E-state index in [-0.39, 0.29) is 0 Å². The fourth-order valence-corrected chi connectivity index (χ4v) is 3.24. The number of aryl methyl sites for hydroxylation is 1. The number of benzene rings is 1. The molecule has 1 heterocycles. The Labute approximate surface area is 128 Å². The summed E-state index contributed by atoms with van der Waals surface area (Å²) in [5.41, 5.74) is 1.17. The molecule has 4 nitrogen and oxygen atoms in total. The van der Waals surface area contributed by atoms with E-state index >= 15 is 0 Å². The van der Waals surface area contributed by atoms with Crippen LogP contribution in [0.5, 0.6) is 5.75 Å². The lowest BCUT2D eigenvalue weighted by Gasteiger charge is -2.07. The van der Waals surface area contributed by atoms with Crippen molar-refractivity contribution in [2.24, 2.45) is 0 Å². The second-order valence-electron chi connectivity index (χ2n) is 4.26. The van der Waals surface area contributed by atoms with Gasteiger partial charge >= 0.3 is 0 Å². The van der Waals surface area contributed by atoms with Crippen LogP contribution in [0, 0.1) is 6.92 Å². The lowest BCUT2D eigenvalue weighted by Crippen LogP contribution is -2.01. The van der Waals surface area contributed by atoms with Crippen molar-refractivity contribution in [2.45, 2.75) is 24.6 Å². The maximum absolute atomic E-state index is 5.75. The second-order valence-corrected chi connectivity index (χ2v) is 6.58. The van der Waals surface area contributed by atoms with Crippen LogP contribution in [0.25, 0.3) is 0 Å². The van der Waals surface area contributed by atoms with Crippen molar-refractivity contribution in [3.05, 3.63) is 29.8 Å². The molecule has 108 valence electrons. The van der Waals surface area contributed by atoms with Crippen molar-refractivity contribution in [1.29, 1.82) is 0 Å². The van der Waals surface area contributed by atoms with Gasteiger partial charge in [0, 0.05) is 12.3 Å². The fraction of sp³-hybridized carbons (Fsp3) is 0.429. The minimum absolute atomic E-state index is 0.673. The minimum atomic E-state index is 0.673. The number of anilines is 1. The predicted molar refractivity (Wildman–Crippen MR) is 86.1 cm³/mol. The van der Waals surface area contributed by atoms with E-state index in [2.05, 4.69) is 35.4 Å². The predicted octanol–water partition coefficient (Wildman–Crippen LogP) is 3.84. The van der Waals surface area contributed by atoms with Crippen molar-refractivity contribution in [2.75, 3.05) is 24.2 Å². The molecule has 0 aliphatic carbocycles. The Hall–Kier alpha value is -1.27. The summed E-state index contributed by atoms with van der Waals surface area (Å²) in [7, 11) is 0. The summed E-state index contributed by atoms with van der Waals surface area (Å²) in [6.45, 7) is 5.80. The molecule has 0 unspecified atom stereocenters. The SMILES string of the molecule is CCCNc1nnc(SCCOc2ccccc2C)s1. The molecule has 0 radical (unpaired) electrons. The van der Waals surface area contributed by atoms with Gasteiger partial charge in [-0.3, -0.25) is 0 Å².